The van der Waals surface area contributed by atoms with Gasteiger partial charge in [0, 0.05) is 24.2 Å². The summed E-state index contributed by atoms with van der Waals surface area (Å²) >= 11 is 2.71. The highest BCUT2D eigenvalue weighted by Gasteiger charge is 2.58. The highest BCUT2D eigenvalue weighted by Crippen LogP contribution is 2.58. The van der Waals surface area contributed by atoms with Crippen LogP contribution in [0.4, 0.5) is 4.39 Å². The molecule has 0 aromatic carbocycles. The van der Waals surface area contributed by atoms with Gasteiger partial charge in [-0.1, -0.05) is 13.8 Å². The lowest BCUT2D eigenvalue weighted by molar-refractivity contribution is -0.147. The lowest BCUT2D eigenvalue weighted by Crippen LogP contribution is -2.50. The number of phosphoric ester groups is 1. The third-order valence-corrected chi connectivity index (χ3v) is 7.89. The highest BCUT2D eigenvalue weighted by atomic mass is 79.9. The van der Waals surface area contributed by atoms with Gasteiger partial charge >= 0.3 is 19.5 Å². The molecule has 1 amide bonds. The van der Waals surface area contributed by atoms with Gasteiger partial charge in [-0.3, -0.25) is 37.5 Å². The number of halogens is 2. The van der Waals surface area contributed by atoms with Crippen LogP contribution in [0, 0.1) is 5.41 Å². The average molecular weight is 630 g/mol. The number of amides is 1. The molecule has 14 nitrogen and oxygen atoms in total. The number of H-pyrrole nitrogens is 1. The standard InChI is InChI=1S/C21H30BrFN3O11P/c1-11(2)35-14(28)5-7-24-17(30)16-20(3,4)10-34-38(32,37-16)33-9-12-15(29)21(22,23)18(36-12)26-8-6-13(27)25-19(26)31/h6,8,11-12,15-16,18,29H,5,7,9-10H2,1-4H3,(H,24,30)(H,25,27,31)/t12-,15?,16+,18-,21-,38?/m1/s1. The zero-order valence-corrected chi connectivity index (χ0v) is 23.5. The van der Waals surface area contributed by atoms with Gasteiger partial charge in [-0.25, -0.2) is 13.8 Å². The molecule has 214 valence electrons. The number of nitrogens with zero attached hydrogens (tertiary/aromatic N) is 1. The van der Waals surface area contributed by atoms with E-state index in [-0.39, 0.29) is 25.7 Å². The molecule has 1 aromatic rings. The summed E-state index contributed by atoms with van der Waals surface area (Å²) in [7, 11) is -4.40. The van der Waals surface area contributed by atoms with Crippen molar-refractivity contribution in [2.75, 3.05) is 19.8 Å². The van der Waals surface area contributed by atoms with E-state index in [9.17, 15) is 28.8 Å². The molecule has 2 fully saturated rings. The Kier molecular flexibility index (Phi) is 9.39. The van der Waals surface area contributed by atoms with Crippen LogP contribution >= 0.6 is 23.8 Å². The normalized spacial score (nSPS) is 32.7. The third-order valence-electron chi connectivity index (χ3n) is 5.65. The van der Waals surface area contributed by atoms with Crippen molar-refractivity contribution in [1.82, 2.24) is 14.9 Å². The first-order chi connectivity index (χ1) is 17.6. The summed E-state index contributed by atoms with van der Waals surface area (Å²) in [5, 5.41) is 13.0. The second-order valence-corrected chi connectivity index (χ2v) is 12.6. The van der Waals surface area contributed by atoms with E-state index in [1.165, 1.54) is 0 Å². The van der Waals surface area contributed by atoms with Gasteiger partial charge in [-0.15, -0.1) is 0 Å². The first-order valence-electron chi connectivity index (χ1n) is 11.6. The van der Waals surface area contributed by atoms with Crippen molar-refractivity contribution in [2.45, 2.75) is 69.3 Å². The number of phosphoric acid groups is 1. The zero-order valence-electron chi connectivity index (χ0n) is 21.0. The molecular weight excluding hydrogens is 600 g/mol. The third kappa shape index (κ3) is 6.97. The largest absolute Gasteiger partial charge is 0.475 e. The van der Waals surface area contributed by atoms with Crippen molar-refractivity contribution in [1.29, 1.82) is 0 Å². The van der Waals surface area contributed by atoms with Crippen molar-refractivity contribution in [2.24, 2.45) is 5.41 Å². The molecule has 3 rings (SSSR count). The summed E-state index contributed by atoms with van der Waals surface area (Å²) in [5.74, 6) is -1.17. The molecule has 2 aliphatic heterocycles. The Balaban J connectivity index is 1.64. The quantitative estimate of drug-likeness (QED) is 0.200. The first-order valence-corrected chi connectivity index (χ1v) is 13.9. The van der Waals surface area contributed by atoms with Crippen LogP contribution in [0.2, 0.25) is 0 Å². The zero-order chi connectivity index (χ0) is 28.5. The van der Waals surface area contributed by atoms with Gasteiger partial charge in [0.15, 0.2) is 12.3 Å². The smallest absolute Gasteiger partial charge is 0.463 e. The summed E-state index contributed by atoms with van der Waals surface area (Å²) in [6, 6.07) is 0.964. The summed E-state index contributed by atoms with van der Waals surface area (Å²) in [6.45, 7) is 5.67. The molecule has 0 saturated carbocycles. The van der Waals surface area contributed by atoms with Gasteiger partial charge < -0.3 is 19.9 Å². The van der Waals surface area contributed by atoms with E-state index in [1.54, 1.807) is 27.7 Å². The monoisotopic (exact) mass is 629 g/mol. The summed E-state index contributed by atoms with van der Waals surface area (Å²) in [5.41, 5.74) is -2.65. The van der Waals surface area contributed by atoms with Crippen molar-refractivity contribution in [3.05, 3.63) is 33.1 Å². The number of aliphatic hydroxyl groups is 1. The minimum absolute atomic E-state index is 0.0518. The molecule has 2 saturated heterocycles. The number of ether oxygens (including phenoxy) is 2. The van der Waals surface area contributed by atoms with Crippen LogP contribution in [-0.4, -0.2) is 75.3 Å². The molecule has 2 unspecified atom stereocenters. The molecule has 6 atom stereocenters. The number of carbonyl (C=O) groups excluding carboxylic acids is 2. The number of hydrogen-bond donors (Lipinski definition) is 3. The maximum Gasteiger partial charge on any atom is 0.475 e. The molecule has 0 spiro atoms. The molecule has 2 aliphatic rings. The number of aromatic nitrogens is 2. The molecule has 1 aromatic heterocycles. The fraction of sp³-hybridized carbons (Fsp3) is 0.714. The Morgan fingerprint density at radius 2 is 2.08 bits per heavy atom. The van der Waals surface area contributed by atoms with E-state index >= 15 is 4.39 Å². The van der Waals surface area contributed by atoms with Crippen molar-refractivity contribution >= 4 is 35.6 Å². The van der Waals surface area contributed by atoms with Crippen LogP contribution in [0.1, 0.15) is 40.3 Å². The Bertz CT molecular complexity index is 1200. The fourth-order valence-corrected chi connectivity index (χ4v) is 5.96. The second kappa shape index (κ2) is 11.7. The van der Waals surface area contributed by atoms with E-state index < -0.39 is 72.1 Å². The maximum absolute atomic E-state index is 15.3. The number of esters is 1. The lowest BCUT2D eigenvalue weighted by atomic mass is 9.87. The number of alkyl halides is 2. The van der Waals surface area contributed by atoms with E-state index in [0.717, 1.165) is 16.8 Å². The van der Waals surface area contributed by atoms with E-state index in [2.05, 4.69) is 21.2 Å². The SMILES string of the molecule is CC(C)OC(=O)CCNC(=O)[C@@H]1OP(=O)(OC[C@H]2O[C@@H](n3ccc(=O)[nH]c3=O)[C@@](F)(Br)C2O)OCC1(C)C. The van der Waals surface area contributed by atoms with Crippen molar-refractivity contribution in [3.8, 4) is 0 Å². The van der Waals surface area contributed by atoms with Crippen LogP contribution in [-0.2, 0) is 37.2 Å². The van der Waals surface area contributed by atoms with Gasteiger partial charge in [0.1, 0.15) is 12.2 Å². The van der Waals surface area contributed by atoms with Crippen LogP contribution in [0.3, 0.4) is 0 Å². The van der Waals surface area contributed by atoms with Crippen LogP contribution in [0.5, 0.6) is 0 Å². The molecule has 0 radical (unpaired) electrons. The van der Waals surface area contributed by atoms with Crippen molar-refractivity contribution in [3.63, 3.8) is 0 Å². The average Bonchev–Trinajstić information content (AvgIpc) is 3.02. The molecule has 17 heteroatoms. The number of carbonyl (C=O) groups is 2. The van der Waals surface area contributed by atoms with Gasteiger partial charge in [0.05, 0.1) is 25.7 Å². The summed E-state index contributed by atoms with van der Waals surface area (Å²) in [6.07, 6.45) is -5.80. The van der Waals surface area contributed by atoms with E-state index in [4.69, 9.17) is 23.0 Å². The van der Waals surface area contributed by atoms with Crippen LogP contribution < -0.4 is 16.6 Å². The number of aromatic amines is 1. The van der Waals surface area contributed by atoms with Gasteiger partial charge in [-0.05, 0) is 29.8 Å². The number of rotatable bonds is 9. The summed E-state index contributed by atoms with van der Waals surface area (Å²) < 4.78 is 52.8. The number of aliphatic hydroxyl groups excluding tert-OH is 1. The molecule has 3 heterocycles. The fourth-order valence-electron chi connectivity index (χ4n) is 3.68. The van der Waals surface area contributed by atoms with Crippen molar-refractivity contribution < 1.29 is 46.7 Å². The predicted octanol–water partition coefficient (Wildman–Crippen LogP) is 0.880. The van der Waals surface area contributed by atoms with Crippen LogP contribution in [0.25, 0.3) is 0 Å². The van der Waals surface area contributed by atoms with Crippen LogP contribution in [0.15, 0.2) is 21.9 Å². The molecule has 3 N–H and O–H groups in total. The van der Waals surface area contributed by atoms with Gasteiger partial charge in [0.25, 0.3) is 5.56 Å². The number of hydrogen-bond acceptors (Lipinski definition) is 11. The van der Waals surface area contributed by atoms with E-state index in [0.29, 0.717) is 0 Å². The minimum atomic E-state index is -4.40. The lowest BCUT2D eigenvalue weighted by Gasteiger charge is -2.39. The molecule has 38 heavy (non-hydrogen) atoms. The van der Waals surface area contributed by atoms with Gasteiger partial charge in [0.2, 0.25) is 10.5 Å². The number of nitrogens with one attached hydrogen (secondary N) is 2. The molecule has 0 bridgehead atoms. The Morgan fingerprint density at radius 3 is 2.71 bits per heavy atom. The topological polar surface area (TPSA) is 184 Å². The maximum atomic E-state index is 15.3. The minimum Gasteiger partial charge on any atom is -0.463 e. The van der Waals surface area contributed by atoms with Gasteiger partial charge in [-0.2, -0.15) is 0 Å². The molecular formula is C21H30BrFN3O11P. The Labute approximate surface area is 224 Å². The summed E-state index contributed by atoms with van der Waals surface area (Å²) in [4.78, 5) is 49.8. The Morgan fingerprint density at radius 1 is 1.39 bits per heavy atom. The predicted molar refractivity (Wildman–Crippen MR) is 131 cm³/mol. The van der Waals surface area contributed by atoms with E-state index in [1.807, 2.05) is 4.98 Å². The molecule has 0 aliphatic carbocycles. The highest BCUT2D eigenvalue weighted by molar-refractivity contribution is 9.10. The second-order valence-electron chi connectivity index (χ2n) is 9.73. The first kappa shape index (κ1) is 30.6. The Hall–Kier alpha value is -1.94.